The summed E-state index contributed by atoms with van der Waals surface area (Å²) in [7, 11) is 0. The van der Waals surface area contributed by atoms with Gasteiger partial charge in [0.2, 0.25) is 0 Å². The fourth-order valence-electron chi connectivity index (χ4n) is 1.09. The molecule has 0 bridgehead atoms. The van der Waals surface area contributed by atoms with Crippen molar-refractivity contribution >= 4 is 17.0 Å². The monoisotopic (exact) mass is 244 g/mol. The standard InChI is InChI=1S/C10H15NO4S/c1-10(2,3)14-7-4-5-9(8(11)6-7)15-16(12)13/h4-6H,11H2,1-3H3,(H,12,13)/p-1. The van der Waals surface area contributed by atoms with Crippen LogP contribution in [-0.4, -0.2) is 14.4 Å². The summed E-state index contributed by atoms with van der Waals surface area (Å²) in [6.07, 6.45) is 0. The molecule has 0 radical (unpaired) electrons. The van der Waals surface area contributed by atoms with E-state index < -0.39 is 11.4 Å². The number of anilines is 1. The van der Waals surface area contributed by atoms with Crippen molar-refractivity contribution in [3.8, 4) is 11.5 Å². The summed E-state index contributed by atoms with van der Waals surface area (Å²) in [6.45, 7) is 5.71. The maximum absolute atomic E-state index is 10.3. The van der Waals surface area contributed by atoms with Gasteiger partial charge in [0.15, 0.2) is 5.75 Å². The predicted molar refractivity (Wildman–Crippen MR) is 60.8 cm³/mol. The highest BCUT2D eigenvalue weighted by molar-refractivity contribution is 7.74. The summed E-state index contributed by atoms with van der Waals surface area (Å²) < 4.78 is 30.7. The Labute approximate surface area is 97.0 Å². The zero-order chi connectivity index (χ0) is 12.3. The van der Waals surface area contributed by atoms with Crippen molar-refractivity contribution < 1.29 is 17.7 Å². The highest BCUT2D eigenvalue weighted by atomic mass is 32.2. The summed E-state index contributed by atoms with van der Waals surface area (Å²) in [6, 6.07) is 4.57. The molecule has 1 atom stereocenters. The Morgan fingerprint density at radius 1 is 1.38 bits per heavy atom. The molecule has 6 heteroatoms. The van der Waals surface area contributed by atoms with Crippen molar-refractivity contribution in [2.24, 2.45) is 0 Å². The summed E-state index contributed by atoms with van der Waals surface area (Å²) in [5.41, 5.74) is 5.49. The highest BCUT2D eigenvalue weighted by Gasteiger charge is 2.12. The fourth-order valence-corrected chi connectivity index (χ4v) is 1.39. The SMILES string of the molecule is CC(C)(C)Oc1ccc(OS(=O)[O-])c(N)c1. The second kappa shape index (κ2) is 4.71. The highest BCUT2D eigenvalue weighted by Crippen LogP contribution is 2.28. The van der Waals surface area contributed by atoms with Gasteiger partial charge in [0.25, 0.3) is 0 Å². The molecule has 0 aliphatic rings. The van der Waals surface area contributed by atoms with Gasteiger partial charge in [0.1, 0.15) is 22.7 Å². The average molecular weight is 244 g/mol. The van der Waals surface area contributed by atoms with Crippen molar-refractivity contribution in [3.63, 3.8) is 0 Å². The third-order valence-electron chi connectivity index (χ3n) is 1.56. The molecule has 0 aliphatic heterocycles. The van der Waals surface area contributed by atoms with Gasteiger partial charge in [0, 0.05) is 6.07 Å². The lowest BCUT2D eigenvalue weighted by molar-refractivity contribution is 0.131. The average Bonchev–Trinajstić information content (AvgIpc) is 2.06. The molecule has 0 spiro atoms. The zero-order valence-electron chi connectivity index (χ0n) is 9.35. The topological polar surface area (TPSA) is 84.6 Å². The van der Waals surface area contributed by atoms with E-state index in [0.29, 0.717) is 5.75 Å². The molecule has 16 heavy (non-hydrogen) atoms. The van der Waals surface area contributed by atoms with Crippen LogP contribution in [0.5, 0.6) is 11.5 Å². The van der Waals surface area contributed by atoms with Crippen molar-refractivity contribution in [3.05, 3.63) is 18.2 Å². The number of rotatable bonds is 3. The van der Waals surface area contributed by atoms with E-state index in [4.69, 9.17) is 10.5 Å². The predicted octanol–water partition coefficient (Wildman–Crippen LogP) is 1.62. The van der Waals surface area contributed by atoms with Crippen LogP contribution in [0, 0.1) is 0 Å². The Morgan fingerprint density at radius 2 is 2.00 bits per heavy atom. The number of hydrogen-bond acceptors (Lipinski definition) is 5. The van der Waals surface area contributed by atoms with Crippen LogP contribution in [0.2, 0.25) is 0 Å². The van der Waals surface area contributed by atoms with Gasteiger partial charge in [-0.3, -0.25) is 0 Å². The van der Waals surface area contributed by atoms with Crippen molar-refractivity contribution in [1.29, 1.82) is 0 Å². The van der Waals surface area contributed by atoms with Gasteiger partial charge in [-0.2, -0.15) is 0 Å². The molecule has 1 unspecified atom stereocenters. The molecule has 1 rings (SSSR count). The molecule has 0 fully saturated rings. The van der Waals surface area contributed by atoms with Gasteiger partial charge in [-0.15, -0.1) is 0 Å². The molecule has 0 amide bonds. The molecule has 90 valence electrons. The Bertz CT molecular complexity index is 400. The van der Waals surface area contributed by atoms with E-state index in [0.717, 1.165) is 0 Å². The number of benzene rings is 1. The largest absolute Gasteiger partial charge is 0.740 e. The minimum absolute atomic E-state index is 0.0922. The van der Waals surface area contributed by atoms with E-state index >= 15 is 0 Å². The van der Waals surface area contributed by atoms with Gasteiger partial charge >= 0.3 is 0 Å². The van der Waals surface area contributed by atoms with Crippen molar-refractivity contribution in [2.75, 3.05) is 5.73 Å². The quantitative estimate of drug-likeness (QED) is 0.645. The van der Waals surface area contributed by atoms with E-state index in [1.54, 1.807) is 6.07 Å². The van der Waals surface area contributed by atoms with E-state index in [1.165, 1.54) is 12.1 Å². The van der Waals surface area contributed by atoms with Crippen LogP contribution >= 0.6 is 0 Å². The van der Waals surface area contributed by atoms with Gasteiger partial charge in [0.05, 0.1) is 5.69 Å². The molecule has 2 N–H and O–H groups in total. The van der Waals surface area contributed by atoms with E-state index in [2.05, 4.69) is 4.18 Å². The third kappa shape index (κ3) is 4.08. The first-order valence-electron chi connectivity index (χ1n) is 4.64. The summed E-state index contributed by atoms with van der Waals surface area (Å²) in [5, 5.41) is 0. The number of ether oxygens (including phenoxy) is 1. The van der Waals surface area contributed by atoms with Gasteiger partial charge in [-0.1, -0.05) is 0 Å². The molecule has 0 heterocycles. The summed E-state index contributed by atoms with van der Waals surface area (Å²) in [5.74, 6) is 0.656. The summed E-state index contributed by atoms with van der Waals surface area (Å²) in [4.78, 5) is 0. The molecule has 0 aromatic heterocycles. The molecule has 5 nitrogen and oxygen atoms in total. The minimum atomic E-state index is -2.62. The fraction of sp³-hybridized carbons (Fsp3) is 0.400. The Morgan fingerprint density at radius 3 is 2.44 bits per heavy atom. The van der Waals surface area contributed by atoms with Crippen molar-refractivity contribution in [1.82, 2.24) is 0 Å². The maximum Gasteiger partial charge on any atom is 0.162 e. The number of nitrogens with two attached hydrogens (primary N) is 1. The van der Waals surface area contributed by atoms with Crippen molar-refractivity contribution in [2.45, 2.75) is 26.4 Å². The van der Waals surface area contributed by atoms with Crippen LogP contribution in [0.4, 0.5) is 5.69 Å². The lowest BCUT2D eigenvalue weighted by atomic mass is 10.2. The number of nitrogen functional groups attached to an aromatic ring is 1. The van der Waals surface area contributed by atoms with Gasteiger partial charge < -0.3 is 19.2 Å². The van der Waals surface area contributed by atoms with E-state index in [9.17, 15) is 8.76 Å². The molecular formula is C10H14NO4S-. The van der Waals surface area contributed by atoms with Crippen LogP contribution in [0.25, 0.3) is 0 Å². The Balaban J connectivity index is 2.87. The Hall–Kier alpha value is -1.27. The molecular weight excluding hydrogens is 230 g/mol. The van der Waals surface area contributed by atoms with E-state index in [-0.39, 0.29) is 17.0 Å². The lowest BCUT2D eigenvalue weighted by Gasteiger charge is -2.21. The van der Waals surface area contributed by atoms with Gasteiger partial charge in [-0.25, -0.2) is 4.21 Å². The third-order valence-corrected chi connectivity index (χ3v) is 1.88. The first kappa shape index (κ1) is 12.8. The van der Waals surface area contributed by atoms with Crippen LogP contribution in [-0.2, 0) is 11.4 Å². The molecule has 0 saturated heterocycles. The Kier molecular flexibility index (Phi) is 3.77. The molecule has 1 aromatic carbocycles. The van der Waals surface area contributed by atoms with Crippen LogP contribution in [0.1, 0.15) is 20.8 Å². The molecule has 0 aliphatic carbocycles. The lowest BCUT2D eigenvalue weighted by Crippen LogP contribution is -2.22. The van der Waals surface area contributed by atoms with E-state index in [1.807, 2.05) is 20.8 Å². The molecule has 1 aromatic rings. The normalized spacial score (nSPS) is 13.2. The van der Waals surface area contributed by atoms with Crippen LogP contribution in [0.15, 0.2) is 18.2 Å². The smallest absolute Gasteiger partial charge is 0.162 e. The second-order valence-electron chi connectivity index (χ2n) is 4.20. The minimum Gasteiger partial charge on any atom is -0.740 e. The van der Waals surface area contributed by atoms with Gasteiger partial charge in [-0.05, 0) is 32.9 Å². The number of hydrogen-bond donors (Lipinski definition) is 1. The van der Waals surface area contributed by atoms with Crippen LogP contribution in [0.3, 0.4) is 0 Å². The first-order valence-corrected chi connectivity index (χ1v) is 5.64. The second-order valence-corrected chi connectivity index (χ2v) is 4.78. The van der Waals surface area contributed by atoms with Crippen LogP contribution < -0.4 is 14.7 Å². The molecule has 0 saturated carbocycles. The maximum atomic E-state index is 10.3. The zero-order valence-corrected chi connectivity index (χ0v) is 10.2. The first-order chi connectivity index (χ1) is 7.28. The summed E-state index contributed by atoms with van der Waals surface area (Å²) >= 11 is -2.62.